The summed E-state index contributed by atoms with van der Waals surface area (Å²) in [6, 6.07) is 10.6. The van der Waals surface area contributed by atoms with Crippen molar-refractivity contribution in [2.24, 2.45) is 0 Å². The van der Waals surface area contributed by atoms with E-state index in [1.807, 2.05) is 12.1 Å². The fourth-order valence-electron chi connectivity index (χ4n) is 2.55. The monoisotopic (exact) mass is 348 g/mol. The smallest absolute Gasteiger partial charge is 0.161 e. The zero-order valence-electron chi connectivity index (χ0n) is 13.2. The molecule has 0 aliphatic carbocycles. The van der Waals surface area contributed by atoms with Gasteiger partial charge in [0.05, 0.1) is 19.0 Å². The van der Waals surface area contributed by atoms with Crippen LogP contribution in [0.5, 0.6) is 11.5 Å². The van der Waals surface area contributed by atoms with Gasteiger partial charge in [0.15, 0.2) is 11.5 Å². The van der Waals surface area contributed by atoms with Gasteiger partial charge in [0.2, 0.25) is 0 Å². The first-order valence-corrected chi connectivity index (χ1v) is 7.83. The van der Waals surface area contributed by atoms with Crippen molar-refractivity contribution in [2.45, 2.75) is 25.6 Å². The summed E-state index contributed by atoms with van der Waals surface area (Å²) >= 11 is 3.83. The van der Waals surface area contributed by atoms with Gasteiger partial charge in [-0.2, -0.15) is 0 Å². The predicted molar refractivity (Wildman–Crippen MR) is 91.0 cm³/mol. The van der Waals surface area contributed by atoms with Gasteiger partial charge in [-0.1, -0.05) is 39.7 Å². The van der Waals surface area contributed by atoms with Gasteiger partial charge in [0.1, 0.15) is 0 Å². The van der Waals surface area contributed by atoms with Crippen LogP contribution in [0.15, 0.2) is 30.3 Å². The fraction of sp³-hybridized carbons (Fsp3) is 0.333. The molecule has 112 valence electrons. The Labute approximate surface area is 135 Å². The highest BCUT2D eigenvalue weighted by Crippen LogP contribution is 2.39. The molecule has 0 amide bonds. The summed E-state index contributed by atoms with van der Waals surface area (Å²) in [6.07, 6.45) is 0. The second-order valence-corrected chi connectivity index (χ2v) is 6.20. The molecule has 2 aromatic carbocycles. The lowest BCUT2D eigenvalue weighted by molar-refractivity contribution is 0.354. The van der Waals surface area contributed by atoms with Crippen LogP contribution in [-0.4, -0.2) is 14.2 Å². The zero-order valence-corrected chi connectivity index (χ0v) is 14.7. The Bertz CT molecular complexity index is 650. The number of hydrogen-bond donors (Lipinski definition) is 0. The summed E-state index contributed by atoms with van der Waals surface area (Å²) < 4.78 is 10.8. The standard InChI is InChI=1S/C18H21BrO2/c1-11-6-7-14(12(2)8-11)18(19)15-10-17(21-5)16(20-4)9-13(15)3/h6-10,18H,1-5H3. The maximum absolute atomic E-state index is 5.42. The first kappa shape index (κ1) is 15.9. The lowest BCUT2D eigenvalue weighted by Crippen LogP contribution is -2.01. The second kappa shape index (κ2) is 6.52. The van der Waals surface area contributed by atoms with E-state index in [0.717, 1.165) is 11.5 Å². The fourth-order valence-corrected chi connectivity index (χ4v) is 3.55. The molecule has 0 aliphatic heterocycles. The van der Waals surface area contributed by atoms with E-state index in [-0.39, 0.29) is 4.83 Å². The Morgan fingerprint density at radius 3 is 1.95 bits per heavy atom. The molecule has 0 bridgehead atoms. The molecule has 2 nitrogen and oxygen atoms in total. The molecule has 0 fully saturated rings. The van der Waals surface area contributed by atoms with Gasteiger partial charge in [0.25, 0.3) is 0 Å². The topological polar surface area (TPSA) is 18.5 Å². The molecule has 1 atom stereocenters. The van der Waals surface area contributed by atoms with Gasteiger partial charge in [0, 0.05) is 0 Å². The molecule has 3 heteroatoms. The normalized spacial score (nSPS) is 12.1. The molecule has 0 N–H and O–H groups in total. The summed E-state index contributed by atoms with van der Waals surface area (Å²) in [5.41, 5.74) is 6.20. The molecule has 21 heavy (non-hydrogen) atoms. The molecule has 0 saturated heterocycles. The average Bonchev–Trinajstić information content (AvgIpc) is 2.46. The van der Waals surface area contributed by atoms with Crippen molar-refractivity contribution in [1.29, 1.82) is 0 Å². The molecular formula is C18H21BrO2. The highest BCUT2D eigenvalue weighted by molar-refractivity contribution is 9.09. The second-order valence-electron chi connectivity index (χ2n) is 5.29. The van der Waals surface area contributed by atoms with Crippen molar-refractivity contribution in [3.8, 4) is 11.5 Å². The van der Waals surface area contributed by atoms with Crippen LogP contribution in [0.1, 0.15) is 32.6 Å². The summed E-state index contributed by atoms with van der Waals surface area (Å²) in [6.45, 7) is 6.35. The van der Waals surface area contributed by atoms with E-state index < -0.39 is 0 Å². The third kappa shape index (κ3) is 3.24. The molecule has 2 rings (SSSR count). The molecule has 0 aromatic heterocycles. The minimum Gasteiger partial charge on any atom is -0.493 e. The lowest BCUT2D eigenvalue weighted by Gasteiger charge is -2.19. The van der Waals surface area contributed by atoms with Gasteiger partial charge in [-0.25, -0.2) is 0 Å². The third-order valence-corrected chi connectivity index (χ3v) is 4.73. The third-order valence-electron chi connectivity index (χ3n) is 3.74. The largest absolute Gasteiger partial charge is 0.493 e. The van der Waals surface area contributed by atoms with Crippen LogP contribution in [0.2, 0.25) is 0 Å². The molecule has 2 aromatic rings. The van der Waals surface area contributed by atoms with E-state index in [0.29, 0.717) is 0 Å². The maximum atomic E-state index is 5.42. The number of rotatable bonds is 4. The number of methoxy groups -OCH3 is 2. The Morgan fingerprint density at radius 1 is 0.810 bits per heavy atom. The van der Waals surface area contributed by atoms with Gasteiger partial charge < -0.3 is 9.47 Å². The molecular weight excluding hydrogens is 328 g/mol. The van der Waals surface area contributed by atoms with Crippen molar-refractivity contribution >= 4 is 15.9 Å². The Hall–Kier alpha value is -1.48. The Balaban J connectivity index is 2.50. The first-order chi connectivity index (χ1) is 9.97. The number of halogens is 1. The van der Waals surface area contributed by atoms with Crippen LogP contribution in [0.25, 0.3) is 0 Å². The highest BCUT2D eigenvalue weighted by atomic mass is 79.9. The zero-order chi connectivity index (χ0) is 15.6. The summed E-state index contributed by atoms with van der Waals surface area (Å²) in [4.78, 5) is 0.137. The van der Waals surface area contributed by atoms with Crippen molar-refractivity contribution in [1.82, 2.24) is 0 Å². The maximum Gasteiger partial charge on any atom is 0.161 e. The quantitative estimate of drug-likeness (QED) is 0.714. The van der Waals surface area contributed by atoms with Crippen LogP contribution in [-0.2, 0) is 0 Å². The Kier molecular flexibility index (Phi) is 4.94. The molecule has 1 unspecified atom stereocenters. The summed E-state index contributed by atoms with van der Waals surface area (Å²) in [5.74, 6) is 1.52. The van der Waals surface area contributed by atoms with E-state index in [4.69, 9.17) is 9.47 Å². The van der Waals surface area contributed by atoms with Crippen LogP contribution < -0.4 is 9.47 Å². The van der Waals surface area contributed by atoms with Crippen molar-refractivity contribution in [3.63, 3.8) is 0 Å². The molecule has 0 radical (unpaired) electrons. The minimum absolute atomic E-state index is 0.137. The number of hydrogen-bond acceptors (Lipinski definition) is 2. The van der Waals surface area contributed by atoms with E-state index in [1.165, 1.54) is 27.8 Å². The summed E-state index contributed by atoms with van der Waals surface area (Å²) in [7, 11) is 3.32. The number of ether oxygens (including phenoxy) is 2. The minimum atomic E-state index is 0.137. The molecule has 0 heterocycles. The number of benzene rings is 2. The van der Waals surface area contributed by atoms with Crippen LogP contribution in [0.3, 0.4) is 0 Å². The van der Waals surface area contributed by atoms with Crippen molar-refractivity contribution < 1.29 is 9.47 Å². The highest BCUT2D eigenvalue weighted by Gasteiger charge is 2.18. The average molecular weight is 349 g/mol. The van der Waals surface area contributed by atoms with Crippen molar-refractivity contribution in [2.75, 3.05) is 14.2 Å². The summed E-state index contributed by atoms with van der Waals surface area (Å²) in [5, 5.41) is 0. The number of alkyl halides is 1. The van der Waals surface area contributed by atoms with Gasteiger partial charge in [-0.05, 0) is 55.2 Å². The van der Waals surface area contributed by atoms with E-state index in [9.17, 15) is 0 Å². The predicted octanol–water partition coefficient (Wildman–Crippen LogP) is 5.11. The van der Waals surface area contributed by atoms with Crippen molar-refractivity contribution in [3.05, 3.63) is 58.1 Å². The number of aryl methyl sites for hydroxylation is 3. The lowest BCUT2D eigenvalue weighted by atomic mass is 9.95. The van der Waals surface area contributed by atoms with E-state index >= 15 is 0 Å². The molecule has 0 saturated carbocycles. The SMILES string of the molecule is COc1cc(C)c(C(Br)c2ccc(C)cc2C)cc1OC. The van der Waals surface area contributed by atoms with Gasteiger partial charge in [-0.15, -0.1) is 0 Å². The Morgan fingerprint density at radius 2 is 1.38 bits per heavy atom. The van der Waals surface area contributed by atoms with Crippen LogP contribution in [0, 0.1) is 20.8 Å². The van der Waals surface area contributed by atoms with Crippen LogP contribution >= 0.6 is 15.9 Å². The van der Waals surface area contributed by atoms with E-state index in [2.05, 4.69) is 54.9 Å². The first-order valence-electron chi connectivity index (χ1n) is 6.91. The molecule has 0 aliphatic rings. The van der Waals surface area contributed by atoms with E-state index in [1.54, 1.807) is 14.2 Å². The van der Waals surface area contributed by atoms with Gasteiger partial charge >= 0.3 is 0 Å². The van der Waals surface area contributed by atoms with Gasteiger partial charge in [-0.3, -0.25) is 0 Å². The molecule has 0 spiro atoms. The van der Waals surface area contributed by atoms with Crippen LogP contribution in [0.4, 0.5) is 0 Å².